The van der Waals surface area contributed by atoms with E-state index in [-0.39, 0.29) is 11.8 Å². The molecule has 23 heavy (non-hydrogen) atoms. The predicted octanol–water partition coefficient (Wildman–Crippen LogP) is 2.42. The first kappa shape index (κ1) is 17.7. The van der Waals surface area contributed by atoms with Gasteiger partial charge >= 0.3 is 0 Å². The summed E-state index contributed by atoms with van der Waals surface area (Å²) in [5.41, 5.74) is 0. The van der Waals surface area contributed by atoms with Crippen molar-refractivity contribution in [3.05, 3.63) is 39.5 Å². The number of aryl methyl sites for hydroxylation is 1. The molecule has 0 fully saturated rings. The van der Waals surface area contributed by atoms with Crippen LogP contribution in [0.2, 0.25) is 0 Å². The van der Waals surface area contributed by atoms with Gasteiger partial charge in [-0.2, -0.15) is 0 Å². The molecule has 0 aliphatic carbocycles. The lowest BCUT2D eigenvalue weighted by molar-refractivity contribution is -0.122. The maximum atomic E-state index is 12.0. The van der Waals surface area contributed by atoms with Gasteiger partial charge in [0.2, 0.25) is 5.91 Å². The van der Waals surface area contributed by atoms with E-state index in [0.29, 0.717) is 11.4 Å². The zero-order valence-corrected chi connectivity index (χ0v) is 15.2. The molecule has 1 unspecified atom stereocenters. The van der Waals surface area contributed by atoms with Gasteiger partial charge in [-0.1, -0.05) is 0 Å². The van der Waals surface area contributed by atoms with Crippen LogP contribution in [0.5, 0.6) is 0 Å². The number of halogens is 1. The first-order valence-electron chi connectivity index (χ1n) is 7.36. The number of unbranched alkanes of at least 4 members (excludes halogenated alkanes) is 1. The van der Waals surface area contributed by atoms with E-state index in [1.54, 1.807) is 25.5 Å². The number of imidazole rings is 1. The Hall–Kier alpha value is -1.67. The molecular formula is C15H19BrN4O2S. The van der Waals surface area contributed by atoms with Crippen molar-refractivity contribution in [2.45, 2.75) is 32.4 Å². The number of carbonyl (C=O) groups excluding carboxylic acids is 2. The Balaban J connectivity index is 1.63. The zero-order chi connectivity index (χ0) is 16.7. The molecule has 2 amide bonds. The van der Waals surface area contributed by atoms with Gasteiger partial charge in [0.1, 0.15) is 6.04 Å². The SMILES string of the molecule is CC(NC(=O)c1ccc(Br)s1)C(=O)NCCCCn1ccnc1. The third kappa shape index (κ3) is 5.80. The highest BCUT2D eigenvalue weighted by atomic mass is 79.9. The number of amides is 2. The lowest BCUT2D eigenvalue weighted by Gasteiger charge is -2.13. The second kappa shape index (κ2) is 8.83. The summed E-state index contributed by atoms with van der Waals surface area (Å²) in [6.07, 6.45) is 7.28. The van der Waals surface area contributed by atoms with Crippen LogP contribution in [-0.2, 0) is 11.3 Å². The standard InChI is InChI=1S/C15H19BrN4O2S/c1-11(19-15(22)12-4-5-13(16)23-12)14(21)18-6-2-3-8-20-9-7-17-10-20/h4-5,7,9-11H,2-3,6,8H2,1H3,(H,18,21)(H,19,22). The van der Waals surface area contributed by atoms with Crippen LogP contribution >= 0.6 is 27.3 Å². The van der Waals surface area contributed by atoms with Crippen LogP contribution in [0.15, 0.2) is 34.6 Å². The van der Waals surface area contributed by atoms with Crippen LogP contribution in [0.1, 0.15) is 29.4 Å². The van der Waals surface area contributed by atoms with Gasteiger partial charge in [0.05, 0.1) is 15.0 Å². The molecule has 0 spiro atoms. The predicted molar refractivity (Wildman–Crippen MR) is 93.4 cm³/mol. The molecule has 2 aromatic rings. The third-order valence-electron chi connectivity index (χ3n) is 3.24. The monoisotopic (exact) mass is 398 g/mol. The van der Waals surface area contributed by atoms with E-state index in [4.69, 9.17) is 0 Å². The summed E-state index contributed by atoms with van der Waals surface area (Å²) >= 11 is 4.65. The largest absolute Gasteiger partial charge is 0.354 e. The smallest absolute Gasteiger partial charge is 0.262 e. The van der Waals surface area contributed by atoms with Gasteiger partial charge in [-0.05, 0) is 47.8 Å². The first-order chi connectivity index (χ1) is 11.1. The van der Waals surface area contributed by atoms with Crippen molar-refractivity contribution in [1.82, 2.24) is 20.2 Å². The minimum absolute atomic E-state index is 0.170. The second-order valence-electron chi connectivity index (χ2n) is 5.10. The van der Waals surface area contributed by atoms with Crippen LogP contribution in [0.4, 0.5) is 0 Å². The second-order valence-corrected chi connectivity index (χ2v) is 7.56. The lowest BCUT2D eigenvalue weighted by Crippen LogP contribution is -2.44. The topological polar surface area (TPSA) is 76.0 Å². The third-order valence-corrected chi connectivity index (χ3v) is 4.86. The average Bonchev–Trinajstić information content (AvgIpc) is 3.18. The molecule has 2 aromatic heterocycles. The number of nitrogens with zero attached hydrogens (tertiary/aromatic N) is 2. The van der Waals surface area contributed by atoms with Gasteiger partial charge < -0.3 is 15.2 Å². The molecule has 0 saturated heterocycles. The Morgan fingerprint density at radius 1 is 1.39 bits per heavy atom. The molecular weight excluding hydrogens is 380 g/mol. The van der Waals surface area contributed by atoms with E-state index in [9.17, 15) is 9.59 Å². The van der Waals surface area contributed by atoms with Crippen LogP contribution in [0.3, 0.4) is 0 Å². The quantitative estimate of drug-likeness (QED) is 0.670. The van der Waals surface area contributed by atoms with Crippen LogP contribution in [0.25, 0.3) is 0 Å². The minimum atomic E-state index is -0.558. The first-order valence-corrected chi connectivity index (χ1v) is 8.97. The fourth-order valence-electron chi connectivity index (χ4n) is 1.97. The number of hydrogen-bond acceptors (Lipinski definition) is 4. The van der Waals surface area contributed by atoms with Crippen molar-refractivity contribution in [1.29, 1.82) is 0 Å². The maximum absolute atomic E-state index is 12.0. The molecule has 0 aliphatic rings. The summed E-state index contributed by atoms with van der Waals surface area (Å²) < 4.78 is 2.89. The molecule has 0 radical (unpaired) electrons. The Labute approximate surface area is 147 Å². The molecule has 6 nitrogen and oxygen atoms in total. The highest BCUT2D eigenvalue weighted by Crippen LogP contribution is 2.21. The number of nitrogens with one attached hydrogen (secondary N) is 2. The summed E-state index contributed by atoms with van der Waals surface area (Å²) in [5.74, 6) is -0.403. The van der Waals surface area contributed by atoms with Gasteiger partial charge in [-0.15, -0.1) is 11.3 Å². The van der Waals surface area contributed by atoms with Gasteiger partial charge in [0.15, 0.2) is 0 Å². The fourth-order valence-corrected chi connectivity index (χ4v) is 3.26. The van der Waals surface area contributed by atoms with Crippen molar-refractivity contribution in [2.75, 3.05) is 6.54 Å². The Morgan fingerprint density at radius 2 is 2.22 bits per heavy atom. The Bertz CT molecular complexity index is 642. The Kier molecular flexibility index (Phi) is 6.79. The number of rotatable bonds is 8. The molecule has 0 bridgehead atoms. The molecule has 2 rings (SSSR count). The van der Waals surface area contributed by atoms with E-state index in [1.165, 1.54) is 11.3 Å². The number of carbonyl (C=O) groups is 2. The molecule has 1 atom stereocenters. The molecule has 0 aliphatic heterocycles. The van der Waals surface area contributed by atoms with Gasteiger partial charge in [-0.3, -0.25) is 9.59 Å². The summed E-state index contributed by atoms with van der Waals surface area (Å²) in [4.78, 5) is 28.5. The van der Waals surface area contributed by atoms with Gasteiger partial charge in [0, 0.05) is 25.5 Å². The van der Waals surface area contributed by atoms with Crippen LogP contribution in [0, 0.1) is 0 Å². The average molecular weight is 399 g/mol. The van der Waals surface area contributed by atoms with Crippen molar-refractivity contribution in [3.8, 4) is 0 Å². The minimum Gasteiger partial charge on any atom is -0.354 e. The summed E-state index contributed by atoms with van der Waals surface area (Å²) in [5, 5.41) is 5.54. The van der Waals surface area contributed by atoms with E-state index >= 15 is 0 Å². The zero-order valence-electron chi connectivity index (χ0n) is 12.8. The van der Waals surface area contributed by atoms with Crippen LogP contribution < -0.4 is 10.6 Å². The van der Waals surface area contributed by atoms with E-state index in [1.807, 2.05) is 16.8 Å². The van der Waals surface area contributed by atoms with E-state index < -0.39 is 6.04 Å². The number of aromatic nitrogens is 2. The highest BCUT2D eigenvalue weighted by Gasteiger charge is 2.17. The summed E-state index contributed by atoms with van der Waals surface area (Å²) in [7, 11) is 0. The molecule has 124 valence electrons. The van der Waals surface area contributed by atoms with Gasteiger partial charge in [-0.25, -0.2) is 4.98 Å². The lowest BCUT2D eigenvalue weighted by atomic mass is 10.2. The van der Waals surface area contributed by atoms with Gasteiger partial charge in [0.25, 0.3) is 5.91 Å². The molecule has 2 N–H and O–H groups in total. The normalized spacial score (nSPS) is 11.9. The van der Waals surface area contributed by atoms with E-state index in [0.717, 1.165) is 23.2 Å². The number of thiophene rings is 1. The van der Waals surface area contributed by atoms with Crippen molar-refractivity contribution in [3.63, 3.8) is 0 Å². The molecule has 2 heterocycles. The summed E-state index contributed by atoms with van der Waals surface area (Å²) in [6, 6.07) is 2.98. The fraction of sp³-hybridized carbons (Fsp3) is 0.400. The molecule has 0 saturated carbocycles. The number of hydrogen-bond donors (Lipinski definition) is 2. The van der Waals surface area contributed by atoms with Crippen molar-refractivity contribution < 1.29 is 9.59 Å². The summed E-state index contributed by atoms with van der Waals surface area (Å²) in [6.45, 7) is 3.16. The maximum Gasteiger partial charge on any atom is 0.262 e. The highest BCUT2D eigenvalue weighted by molar-refractivity contribution is 9.11. The van der Waals surface area contributed by atoms with Crippen LogP contribution in [-0.4, -0.2) is 34.0 Å². The van der Waals surface area contributed by atoms with Crippen molar-refractivity contribution >= 4 is 39.1 Å². The molecule has 0 aromatic carbocycles. The molecule has 8 heteroatoms. The van der Waals surface area contributed by atoms with Crippen molar-refractivity contribution in [2.24, 2.45) is 0 Å². The Morgan fingerprint density at radius 3 is 2.87 bits per heavy atom. The van der Waals surface area contributed by atoms with E-state index in [2.05, 4.69) is 31.5 Å².